The first-order valence-corrected chi connectivity index (χ1v) is 6.71. The molecule has 0 aromatic heterocycles. The van der Waals surface area contributed by atoms with Crippen LogP contribution in [0.3, 0.4) is 0 Å². The number of hydrogen-bond acceptors (Lipinski definition) is 1. The Morgan fingerprint density at radius 2 is 1.94 bits per heavy atom. The van der Waals surface area contributed by atoms with Crippen LogP contribution < -0.4 is 4.74 Å². The Balaban J connectivity index is 2.92. The van der Waals surface area contributed by atoms with E-state index in [9.17, 15) is 0 Å². The maximum atomic E-state index is 5.97. The van der Waals surface area contributed by atoms with Crippen LogP contribution in [-0.2, 0) is 0 Å². The van der Waals surface area contributed by atoms with E-state index in [0.29, 0.717) is 0 Å². The minimum atomic E-state index is -0.187. The molecule has 0 bridgehead atoms. The average molecular weight is 244 g/mol. The average Bonchev–Trinajstić information content (AvgIpc) is 2.24. The molecule has 0 spiro atoms. The molecular formula is C17H24O. The second-order valence-electron chi connectivity index (χ2n) is 5.62. The van der Waals surface area contributed by atoms with E-state index >= 15 is 0 Å². The highest BCUT2D eigenvalue weighted by molar-refractivity contribution is 5.48. The van der Waals surface area contributed by atoms with E-state index in [4.69, 9.17) is 4.74 Å². The van der Waals surface area contributed by atoms with E-state index in [2.05, 4.69) is 64.7 Å². The molecule has 0 N–H and O–H groups in total. The number of rotatable bonds is 3. The second kappa shape index (κ2) is 6.50. The molecule has 1 rings (SSSR count). The van der Waals surface area contributed by atoms with E-state index in [1.54, 1.807) is 0 Å². The molecule has 0 atom stereocenters. The van der Waals surface area contributed by atoms with E-state index in [0.717, 1.165) is 24.2 Å². The molecule has 0 saturated heterocycles. The van der Waals surface area contributed by atoms with Crippen molar-refractivity contribution < 1.29 is 4.74 Å². The van der Waals surface area contributed by atoms with Crippen LogP contribution in [0.2, 0.25) is 0 Å². The molecule has 1 heteroatoms. The van der Waals surface area contributed by atoms with E-state index < -0.39 is 0 Å². The summed E-state index contributed by atoms with van der Waals surface area (Å²) in [4.78, 5) is 0. The van der Waals surface area contributed by atoms with Crippen LogP contribution >= 0.6 is 0 Å². The highest BCUT2D eigenvalue weighted by Crippen LogP contribution is 2.24. The van der Waals surface area contributed by atoms with Crippen molar-refractivity contribution in [3.63, 3.8) is 0 Å². The van der Waals surface area contributed by atoms with Crippen molar-refractivity contribution in [2.75, 3.05) is 0 Å². The van der Waals surface area contributed by atoms with E-state index in [-0.39, 0.29) is 5.60 Å². The summed E-state index contributed by atoms with van der Waals surface area (Å²) in [5.74, 6) is 7.34. The maximum absolute atomic E-state index is 5.97. The minimum Gasteiger partial charge on any atom is -0.487 e. The van der Waals surface area contributed by atoms with Crippen molar-refractivity contribution in [3.05, 3.63) is 29.3 Å². The second-order valence-corrected chi connectivity index (χ2v) is 5.62. The first-order chi connectivity index (χ1) is 8.42. The van der Waals surface area contributed by atoms with Gasteiger partial charge in [0.1, 0.15) is 11.4 Å². The summed E-state index contributed by atoms with van der Waals surface area (Å²) in [5, 5.41) is 0. The third-order valence-electron chi connectivity index (χ3n) is 2.43. The molecule has 0 radical (unpaired) electrons. The van der Waals surface area contributed by atoms with Crippen molar-refractivity contribution in [1.82, 2.24) is 0 Å². The highest BCUT2D eigenvalue weighted by atomic mass is 16.5. The molecular weight excluding hydrogens is 220 g/mol. The number of ether oxygens (including phenoxy) is 1. The Morgan fingerprint density at radius 1 is 1.22 bits per heavy atom. The Hall–Kier alpha value is -1.42. The summed E-state index contributed by atoms with van der Waals surface area (Å²) in [7, 11) is 0. The zero-order valence-electron chi connectivity index (χ0n) is 12.3. The molecule has 0 amide bonds. The Labute approximate surface area is 112 Å². The van der Waals surface area contributed by atoms with Gasteiger partial charge in [-0.3, -0.25) is 0 Å². The third-order valence-corrected chi connectivity index (χ3v) is 2.43. The lowest BCUT2D eigenvalue weighted by atomic mass is 10.1. The van der Waals surface area contributed by atoms with Gasteiger partial charge < -0.3 is 4.74 Å². The van der Waals surface area contributed by atoms with Gasteiger partial charge in [-0.25, -0.2) is 0 Å². The minimum absolute atomic E-state index is 0.187. The summed E-state index contributed by atoms with van der Waals surface area (Å²) >= 11 is 0. The van der Waals surface area contributed by atoms with Gasteiger partial charge in [-0.05, 0) is 51.8 Å². The summed E-state index contributed by atoms with van der Waals surface area (Å²) in [6.45, 7) is 10.4. The standard InChI is InChI=1S/C17H24O/c1-6-7-8-9-10-15-12-11-14(2)13-16(15)18-17(3,4)5/h11-13H,6-8H2,1-5H3. The van der Waals surface area contributed by atoms with Crippen LogP contribution in [0.15, 0.2) is 18.2 Å². The topological polar surface area (TPSA) is 9.23 Å². The number of unbranched alkanes of at least 4 members (excludes halogenated alkanes) is 2. The first kappa shape index (κ1) is 14.6. The fourth-order valence-corrected chi connectivity index (χ4v) is 1.57. The van der Waals surface area contributed by atoms with Gasteiger partial charge in [0.2, 0.25) is 0 Å². The summed E-state index contributed by atoms with van der Waals surface area (Å²) < 4.78 is 5.97. The van der Waals surface area contributed by atoms with Gasteiger partial charge in [0.25, 0.3) is 0 Å². The Morgan fingerprint density at radius 3 is 2.56 bits per heavy atom. The van der Waals surface area contributed by atoms with Crippen LogP contribution in [0.25, 0.3) is 0 Å². The molecule has 0 fully saturated rings. The van der Waals surface area contributed by atoms with Gasteiger partial charge in [0, 0.05) is 6.42 Å². The number of hydrogen-bond donors (Lipinski definition) is 0. The lowest BCUT2D eigenvalue weighted by Crippen LogP contribution is -2.23. The van der Waals surface area contributed by atoms with Crippen molar-refractivity contribution in [3.8, 4) is 17.6 Å². The van der Waals surface area contributed by atoms with Crippen molar-refractivity contribution in [1.29, 1.82) is 0 Å². The summed E-state index contributed by atoms with van der Waals surface area (Å²) in [6, 6.07) is 6.20. The Kier molecular flexibility index (Phi) is 5.28. The zero-order valence-corrected chi connectivity index (χ0v) is 12.3. The molecule has 0 aliphatic heterocycles. The number of benzene rings is 1. The SMILES string of the molecule is CCCCC#Cc1ccc(C)cc1OC(C)(C)C. The molecule has 0 aliphatic carbocycles. The quantitative estimate of drug-likeness (QED) is 0.552. The van der Waals surface area contributed by atoms with Crippen LogP contribution in [0.5, 0.6) is 5.75 Å². The smallest absolute Gasteiger partial charge is 0.135 e. The predicted molar refractivity (Wildman–Crippen MR) is 78.0 cm³/mol. The summed E-state index contributed by atoms with van der Waals surface area (Å²) in [6.07, 6.45) is 3.31. The molecule has 98 valence electrons. The monoisotopic (exact) mass is 244 g/mol. The molecule has 18 heavy (non-hydrogen) atoms. The third kappa shape index (κ3) is 5.27. The molecule has 1 nitrogen and oxygen atoms in total. The van der Waals surface area contributed by atoms with Crippen LogP contribution in [0, 0.1) is 18.8 Å². The largest absolute Gasteiger partial charge is 0.487 e. The molecule has 1 aromatic rings. The lowest BCUT2D eigenvalue weighted by Gasteiger charge is -2.22. The van der Waals surface area contributed by atoms with Crippen molar-refractivity contribution in [2.45, 2.75) is 59.5 Å². The van der Waals surface area contributed by atoms with Gasteiger partial charge in [0.05, 0.1) is 5.56 Å². The highest BCUT2D eigenvalue weighted by Gasteiger charge is 2.14. The molecule has 1 aromatic carbocycles. The zero-order chi connectivity index (χ0) is 13.6. The van der Waals surface area contributed by atoms with Crippen LogP contribution in [-0.4, -0.2) is 5.60 Å². The normalized spacial score (nSPS) is 10.7. The lowest BCUT2D eigenvalue weighted by molar-refractivity contribution is 0.130. The fraction of sp³-hybridized carbons (Fsp3) is 0.529. The van der Waals surface area contributed by atoms with E-state index in [1.807, 2.05) is 0 Å². The van der Waals surface area contributed by atoms with Crippen molar-refractivity contribution in [2.24, 2.45) is 0 Å². The predicted octanol–water partition coefficient (Wildman–Crippen LogP) is 4.71. The van der Waals surface area contributed by atoms with Gasteiger partial charge in [-0.15, -0.1) is 0 Å². The maximum Gasteiger partial charge on any atom is 0.135 e. The Bertz CT molecular complexity index is 441. The summed E-state index contributed by atoms with van der Waals surface area (Å²) in [5.41, 5.74) is 2.01. The van der Waals surface area contributed by atoms with E-state index in [1.165, 1.54) is 12.0 Å². The van der Waals surface area contributed by atoms with Gasteiger partial charge in [-0.1, -0.05) is 31.3 Å². The first-order valence-electron chi connectivity index (χ1n) is 6.71. The van der Waals surface area contributed by atoms with Gasteiger partial charge in [-0.2, -0.15) is 0 Å². The van der Waals surface area contributed by atoms with Crippen molar-refractivity contribution >= 4 is 0 Å². The number of aryl methyl sites for hydroxylation is 1. The van der Waals surface area contributed by atoms with Gasteiger partial charge >= 0.3 is 0 Å². The molecule has 0 saturated carbocycles. The fourth-order valence-electron chi connectivity index (χ4n) is 1.57. The molecule has 0 heterocycles. The van der Waals surface area contributed by atoms with Gasteiger partial charge in [0.15, 0.2) is 0 Å². The molecule has 0 unspecified atom stereocenters. The van der Waals surface area contributed by atoms with Crippen LogP contribution in [0.4, 0.5) is 0 Å². The van der Waals surface area contributed by atoms with Crippen LogP contribution in [0.1, 0.15) is 58.1 Å². The molecule has 0 aliphatic rings.